The van der Waals surface area contributed by atoms with Crippen LogP contribution >= 0.6 is 0 Å². The second-order valence-corrected chi connectivity index (χ2v) is 4.69. The first kappa shape index (κ1) is 11.9. The van der Waals surface area contributed by atoms with E-state index in [1.807, 2.05) is 25.3 Å². The fourth-order valence-corrected chi connectivity index (χ4v) is 1.77. The molecule has 1 aliphatic rings. The molecule has 0 bridgehead atoms. The molecule has 0 unspecified atom stereocenters. The summed E-state index contributed by atoms with van der Waals surface area (Å²) in [5, 5.41) is 3.17. The molecule has 92 valence electrons. The number of aromatic nitrogens is 1. The summed E-state index contributed by atoms with van der Waals surface area (Å²) in [6.07, 6.45) is 5.85. The zero-order chi connectivity index (χ0) is 12.1. The van der Waals surface area contributed by atoms with Gasteiger partial charge in [-0.05, 0) is 37.3 Å². The molecule has 0 spiro atoms. The highest BCUT2D eigenvalue weighted by molar-refractivity contribution is 5.77. The average molecular weight is 232 g/mol. The zero-order valence-electron chi connectivity index (χ0n) is 10.3. The Balaban J connectivity index is 1.76. The molecule has 1 aliphatic carbocycles. The number of aliphatic imine (C=N–C) groups is 1. The van der Waals surface area contributed by atoms with Gasteiger partial charge in [0.05, 0.1) is 6.54 Å². The predicted octanol–water partition coefficient (Wildman–Crippen LogP) is 1.59. The molecular weight excluding hydrogens is 212 g/mol. The van der Waals surface area contributed by atoms with Crippen LogP contribution < -0.4 is 11.1 Å². The van der Waals surface area contributed by atoms with Crippen LogP contribution in [0, 0.1) is 12.8 Å². The van der Waals surface area contributed by atoms with Crippen molar-refractivity contribution in [2.24, 2.45) is 16.6 Å². The maximum absolute atomic E-state index is 5.80. The topological polar surface area (TPSA) is 63.3 Å². The molecule has 1 saturated carbocycles. The number of hydrogen-bond donors (Lipinski definition) is 2. The fraction of sp³-hybridized carbons (Fsp3) is 0.538. The Morgan fingerprint density at radius 2 is 2.35 bits per heavy atom. The fourth-order valence-electron chi connectivity index (χ4n) is 1.77. The minimum atomic E-state index is 0.539. The van der Waals surface area contributed by atoms with Crippen LogP contribution in [0.3, 0.4) is 0 Å². The van der Waals surface area contributed by atoms with Crippen LogP contribution in [0.1, 0.15) is 30.5 Å². The standard InChI is InChI=1S/C13H20N4/c1-10-5-6-12(8-15-10)9-17-13(14)16-7-11-3-2-4-11/h5-6,8,11H,2-4,7,9H2,1H3,(H3,14,16,17). The normalized spacial score (nSPS) is 16.6. The first-order valence-corrected chi connectivity index (χ1v) is 6.19. The van der Waals surface area contributed by atoms with Crippen LogP contribution in [0.5, 0.6) is 0 Å². The zero-order valence-corrected chi connectivity index (χ0v) is 10.3. The largest absolute Gasteiger partial charge is 0.370 e. The van der Waals surface area contributed by atoms with Gasteiger partial charge in [-0.1, -0.05) is 12.5 Å². The molecule has 4 nitrogen and oxygen atoms in total. The van der Waals surface area contributed by atoms with Gasteiger partial charge in [0.15, 0.2) is 5.96 Å². The van der Waals surface area contributed by atoms with E-state index in [1.165, 1.54) is 19.3 Å². The number of guanidine groups is 1. The number of aryl methyl sites for hydroxylation is 1. The molecule has 3 N–H and O–H groups in total. The van der Waals surface area contributed by atoms with Crippen molar-refractivity contribution < 1.29 is 0 Å². The summed E-state index contributed by atoms with van der Waals surface area (Å²) in [6.45, 7) is 3.53. The third-order valence-corrected chi connectivity index (χ3v) is 3.20. The van der Waals surface area contributed by atoms with E-state index in [1.54, 1.807) is 0 Å². The summed E-state index contributed by atoms with van der Waals surface area (Å²) in [4.78, 5) is 8.52. The molecule has 2 rings (SSSR count). The monoisotopic (exact) mass is 232 g/mol. The van der Waals surface area contributed by atoms with Crippen LogP contribution in [-0.2, 0) is 6.54 Å². The van der Waals surface area contributed by atoms with Gasteiger partial charge in [-0.2, -0.15) is 0 Å². The molecular formula is C13H20N4. The van der Waals surface area contributed by atoms with Crippen molar-refractivity contribution in [3.05, 3.63) is 29.6 Å². The van der Waals surface area contributed by atoms with Crippen molar-refractivity contribution >= 4 is 5.96 Å². The van der Waals surface area contributed by atoms with Crippen molar-refractivity contribution in [2.45, 2.75) is 32.7 Å². The first-order valence-electron chi connectivity index (χ1n) is 6.19. The first-order chi connectivity index (χ1) is 8.24. The number of hydrogen-bond acceptors (Lipinski definition) is 2. The Labute approximate surface area is 102 Å². The van der Waals surface area contributed by atoms with Gasteiger partial charge in [0.2, 0.25) is 0 Å². The summed E-state index contributed by atoms with van der Waals surface area (Å²) in [5.41, 5.74) is 7.91. The summed E-state index contributed by atoms with van der Waals surface area (Å²) in [6, 6.07) is 4.02. The minimum absolute atomic E-state index is 0.539. The van der Waals surface area contributed by atoms with Gasteiger partial charge < -0.3 is 11.1 Å². The number of nitrogens with two attached hydrogens (primary N) is 1. The third-order valence-electron chi connectivity index (χ3n) is 3.20. The van der Waals surface area contributed by atoms with Crippen LogP contribution in [-0.4, -0.2) is 17.5 Å². The smallest absolute Gasteiger partial charge is 0.188 e. The second-order valence-electron chi connectivity index (χ2n) is 4.69. The van der Waals surface area contributed by atoms with Gasteiger partial charge in [0.25, 0.3) is 0 Å². The van der Waals surface area contributed by atoms with Gasteiger partial charge >= 0.3 is 0 Å². The molecule has 17 heavy (non-hydrogen) atoms. The van der Waals surface area contributed by atoms with E-state index in [0.717, 1.165) is 23.7 Å². The van der Waals surface area contributed by atoms with Gasteiger partial charge in [0, 0.05) is 18.4 Å². The van der Waals surface area contributed by atoms with Crippen molar-refractivity contribution in [3.63, 3.8) is 0 Å². The molecule has 0 aliphatic heterocycles. The summed E-state index contributed by atoms with van der Waals surface area (Å²) < 4.78 is 0. The average Bonchev–Trinajstić information content (AvgIpc) is 2.26. The van der Waals surface area contributed by atoms with E-state index in [4.69, 9.17) is 5.73 Å². The molecule has 1 aromatic heterocycles. The lowest BCUT2D eigenvalue weighted by Crippen LogP contribution is -2.37. The molecule has 4 heteroatoms. The highest BCUT2D eigenvalue weighted by Gasteiger charge is 2.16. The van der Waals surface area contributed by atoms with Crippen molar-refractivity contribution in [3.8, 4) is 0 Å². The molecule has 0 aromatic carbocycles. The minimum Gasteiger partial charge on any atom is -0.370 e. The number of pyridine rings is 1. The highest BCUT2D eigenvalue weighted by Crippen LogP contribution is 2.24. The summed E-state index contributed by atoms with van der Waals surface area (Å²) in [5.74, 6) is 1.34. The van der Waals surface area contributed by atoms with E-state index in [0.29, 0.717) is 12.5 Å². The van der Waals surface area contributed by atoms with E-state index in [-0.39, 0.29) is 0 Å². The van der Waals surface area contributed by atoms with Crippen LogP contribution in [0.4, 0.5) is 0 Å². The Hall–Kier alpha value is -1.58. The van der Waals surface area contributed by atoms with Gasteiger partial charge in [-0.3, -0.25) is 4.98 Å². The van der Waals surface area contributed by atoms with Crippen molar-refractivity contribution in [2.75, 3.05) is 6.54 Å². The SMILES string of the molecule is Cc1ccc(CN=C(N)NCC2CCC2)cn1. The Kier molecular flexibility index (Phi) is 3.96. The Morgan fingerprint density at radius 3 is 2.94 bits per heavy atom. The molecule has 0 amide bonds. The van der Waals surface area contributed by atoms with Gasteiger partial charge in [-0.15, -0.1) is 0 Å². The summed E-state index contributed by atoms with van der Waals surface area (Å²) >= 11 is 0. The number of nitrogens with one attached hydrogen (secondary N) is 1. The van der Waals surface area contributed by atoms with Gasteiger partial charge in [-0.25, -0.2) is 4.99 Å². The number of nitrogens with zero attached hydrogens (tertiary/aromatic N) is 2. The molecule has 0 saturated heterocycles. The van der Waals surface area contributed by atoms with Crippen LogP contribution in [0.2, 0.25) is 0 Å². The number of rotatable bonds is 4. The molecule has 0 radical (unpaired) electrons. The molecule has 1 heterocycles. The molecule has 1 aromatic rings. The maximum Gasteiger partial charge on any atom is 0.188 e. The lowest BCUT2D eigenvalue weighted by atomic mass is 9.85. The van der Waals surface area contributed by atoms with Crippen LogP contribution in [0.15, 0.2) is 23.3 Å². The van der Waals surface area contributed by atoms with Gasteiger partial charge in [0.1, 0.15) is 0 Å². The third kappa shape index (κ3) is 3.73. The van der Waals surface area contributed by atoms with E-state index >= 15 is 0 Å². The highest BCUT2D eigenvalue weighted by atomic mass is 15.1. The second kappa shape index (κ2) is 5.66. The molecule has 0 atom stereocenters. The van der Waals surface area contributed by atoms with E-state index < -0.39 is 0 Å². The van der Waals surface area contributed by atoms with E-state index in [2.05, 4.69) is 15.3 Å². The van der Waals surface area contributed by atoms with Crippen molar-refractivity contribution in [1.82, 2.24) is 10.3 Å². The van der Waals surface area contributed by atoms with Crippen molar-refractivity contribution in [1.29, 1.82) is 0 Å². The van der Waals surface area contributed by atoms with Crippen LogP contribution in [0.25, 0.3) is 0 Å². The Bertz CT molecular complexity index is 379. The predicted molar refractivity (Wildman–Crippen MR) is 69.6 cm³/mol. The van der Waals surface area contributed by atoms with E-state index in [9.17, 15) is 0 Å². The summed E-state index contributed by atoms with van der Waals surface area (Å²) in [7, 11) is 0. The quantitative estimate of drug-likeness (QED) is 0.612. The maximum atomic E-state index is 5.80. The molecule has 1 fully saturated rings. The Morgan fingerprint density at radius 1 is 1.53 bits per heavy atom. The lowest BCUT2D eigenvalue weighted by Gasteiger charge is -2.25. The lowest BCUT2D eigenvalue weighted by molar-refractivity contribution is 0.315.